The highest BCUT2D eigenvalue weighted by Crippen LogP contribution is 2.29. The quantitative estimate of drug-likeness (QED) is 0.235. The van der Waals surface area contributed by atoms with Gasteiger partial charge in [-0.1, -0.05) is 5.11 Å². The maximum absolute atomic E-state index is 10.5. The standard InChI is InChI=1S/C9H10N4O5/c10-12-11-4-8(15)9(16)5-1-2-6(13(17)18)7(14)3-5/h1-3,8-9,14-16H,4H2. The van der Waals surface area contributed by atoms with Crippen molar-refractivity contribution in [2.45, 2.75) is 12.2 Å². The number of benzene rings is 1. The van der Waals surface area contributed by atoms with Crippen molar-refractivity contribution in [1.82, 2.24) is 0 Å². The molecule has 0 aliphatic rings. The Bertz CT molecular complexity index is 500. The molecular formula is C9H10N4O5. The highest BCUT2D eigenvalue weighted by molar-refractivity contribution is 5.47. The third-order valence-electron chi connectivity index (χ3n) is 2.23. The second kappa shape index (κ2) is 5.82. The Labute approximate surface area is 101 Å². The fourth-order valence-corrected chi connectivity index (χ4v) is 1.32. The number of azide groups is 1. The molecule has 0 saturated heterocycles. The summed E-state index contributed by atoms with van der Waals surface area (Å²) in [5.74, 6) is -0.618. The van der Waals surface area contributed by atoms with Gasteiger partial charge in [-0.15, -0.1) is 0 Å². The Hall–Kier alpha value is -2.35. The van der Waals surface area contributed by atoms with Crippen LogP contribution >= 0.6 is 0 Å². The van der Waals surface area contributed by atoms with Gasteiger partial charge >= 0.3 is 5.69 Å². The molecule has 0 aliphatic heterocycles. The van der Waals surface area contributed by atoms with Gasteiger partial charge in [-0.05, 0) is 23.2 Å². The van der Waals surface area contributed by atoms with Crippen molar-refractivity contribution in [2.75, 3.05) is 6.54 Å². The monoisotopic (exact) mass is 254 g/mol. The third kappa shape index (κ3) is 3.08. The molecule has 18 heavy (non-hydrogen) atoms. The van der Waals surface area contributed by atoms with E-state index in [0.717, 1.165) is 12.1 Å². The number of aromatic hydroxyl groups is 1. The summed E-state index contributed by atoms with van der Waals surface area (Å²) in [5, 5.41) is 42.0. The van der Waals surface area contributed by atoms with Gasteiger partial charge in [0.25, 0.3) is 0 Å². The molecule has 0 bridgehead atoms. The lowest BCUT2D eigenvalue weighted by Crippen LogP contribution is -2.21. The van der Waals surface area contributed by atoms with Gasteiger partial charge in [0.1, 0.15) is 6.10 Å². The van der Waals surface area contributed by atoms with E-state index in [1.165, 1.54) is 6.07 Å². The summed E-state index contributed by atoms with van der Waals surface area (Å²) in [5.41, 5.74) is 7.64. The largest absolute Gasteiger partial charge is 0.502 e. The van der Waals surface area contributed by atoms with Crippen LogP contribution in [-0.4, -0.2) is 32.9 Å². The van der Waals surface area contributed by atoms with Crippen LogP contribution in [0.2, 0.25) is 0 Å². The molecule has 1 aromatic carbocycles. The highest BCUT2D eigenvalue weighted by Gasteiger charge is 2.21. The zero-order chi connectivity index (χ0) is 13.7. The van der Waals surface area contributed by atoms with Crippen molar-refractivity contribution < 1.29 is 20.2 Å². The number of aliphatic hydroxyl groups excluding tert-OH is 2. The van der Waals surface area contributed by atoms with Crippen LogP contribution in [0.3, 0.4) is 0 Å². The molecule has 0 fully saturated rings. The van der Waals surface area contributed by atoms with Crippen LogP contribution in [0, 0.1) is 10.1 Å². The molecule has 0 radical (unpaired) electrons. The molecule has 0 aliphatic carbocycles. The SMILES string of the molecule is [N-]=[N+]=NCC(O)C(O)c1ccc([N+](=O)[O-])c(O)c1. The van der Waals surface area contributed by atoms with E-state index in [1.54, 1.807) is 0 Å². The number of phenols is 1. The minimum Gasteiger partial charge on any atom is -0.502 e. The van der Waals surface area contributed by atoms with Gasteiger partial charge in [0.15, 0.2) is 5.75 Å². The van der Waals surface area contributed by atoms with Crippen molar-refractivity contribution in [2.24, 2.45) is 5.11 Å². The summed E-state index contributed by atoms with van der Waals surface area (Å²) in [4.78, 5) is 12.1. The summed E-state index contributed by atoms with van der Waals surface area (Å²) >= 11 is 0. The Morgan fingerprint density at radius 3 is 2.67 bits per heavy atom. The van der Waals surface area contributed by atoms with Crippen molar-refractivity contribution in [3.05, 3.63) is 44.3 Å². The molecule has 9 heteroatoms. The maximum Gasteiger partial charge on any atom is 0.310 e. The molecular weight excluding hydrogens is 244 g/mol. The molecule has 0 heterocycles. The Morgan fingerprint density at radius 1 is 1.50 bits per heavy atom. The van der Waals surface area contributed by atoms with Crippen LogP contribution in [0.15, 0.2) is 23.3 Å². The summed E-state index contributed by atoms with van der Waals surface area (Å²) in [7, 11) is 0. The zero-order valence-corrected chi connectivity index (χ0v) is 9.04. The predicted octanol–water partition coefficient (Wildman–Crippen LogP) is 1.00. The topological polar surface area (TPSA) is 153 Å². The molecule has 0 saturated carbocycles. The lowest BCUT2D eigenvalue weighted by molar-refractivity contribution is -0.385. The number of hydrogen-bond acceptors (Lipinski definition) is 6. The Balaban J connectivity index is 2.93. The van der Waals surface area contributed by atoms with Crippen LogP contribution in [0.1, 0.15) is 11.7 Å². The smallest absolute Gasteiger partial charge is 0.310 e. The second-order valence-corrected chi connectivity index (χ2v) is 3.43. The lowest BCUT2D eigenvalue weighted by Gasteiger charge is -2.16. The second-order valence-electron chi connectivity index (χ2n) is 3.43. The number of nitro groups is 1. The van der Waals surface area contributed by atoms with E-state index in [2.05, 4.69) is 10.0 Å². The summed E-state index contributed by atoms with van der Waals surface area (Å²) in [6.07, 6.45) is -2.77. The zero-order valence-electron chi connectivity index (χ0n) is 9.04. The number of hydrogen-bond donors (Lipinski definition) is 3. The highest BCUT2D eigenvalue weighted by atomic mass is 16.6. The van der Waals surface area contributed by atoms with Crippen molar-refractivity contribution >= 4 is 5.69 Å². The van der Waals surface area contributed by atoms with E-state index in [-0.39, 0.29) is 12.1 Å². The van der Waals surface area contributed by atoms with Gasteiger partial charge in [0, 0.05) is 11.0 Å². The van der Waals surface area contributed by atoms with Gasteiger partial charge in [0.2, 0.25) is 0 Å². The predicted molar refractivity (Wildman–Crippen MR) is 59.7 cm³/mol. The molecule has 0 aromatic heterocycles. The maximum atomic E-state index is 10.5. The molecule has 1 rings (SSSR count). The lowest BCUT2D eigenvalue weighted by atomic mass is 10.0. The van der Waals surface area contributed by atoms with Crippen LogP contribution in [0.5, 0.6) is 5.75 Å². The van der Waals surface area contributed by atoms with E-state index in [1.807, 2.05) is 0 Å². The Kier molecular flexibility index (Phi) is 4.44. The van der Waals surface area contributed by atoms with Crippen LogP contribution in [-0.2, 0) is 0 Å². The van der Waals surface area contributed by atoms with E-state index < -0.39 is 28.6 Å². The average molecular weight is 254 g/mol. The van der Waals surface area contributed by atoms with E-state index >= 15 is 0 Å². The number of phenolic OH excluding ortho intramolecular Hbond substituents is 1. The minimum absolute atomic E-state index is 0.0822. The van der Waals surface area contributed by atoms with E-state index in [9.17, 15) is 25.4 Å². The summed E-state index contributed by atoms with van der Waals surface area (Å²) in [6.45, 7) is -0.352. The third-order valence-corrected chi connectivity index (χ3v) is 2.23. The number of aliphatic hydroxyl groups is 2. The first kappa shape index (κ1) is 13.7. The first-order valence-corrected chi connectivity index (χ1v) is 4.81. The van der Waals surface area contributed by atoms with Crippen molar-refractivity contribution in [3.8, 4) is 5.75 Å². The van der Waals surface area contributed by atoms with Gasteiger partial charge in [-0.2, -0.15) is 0 Å². The average Bonchev–Trinajstić information content (AvgIpc) is 2.34. The van der Waals surface area contributed by atoms with Crippen LogP contribution < -0.4 is 0 Å². The molecule has 3 N–H and O–H groups in total. The molecule has 9 nitrogen and oxygen atoms in total. The van der Waals surface area contributed by atoms with Gasteiger partial charge < -0.3 is 15.3 Å². The first-order valence-electron chi connectivity index (χ1n) is 4.81. The van der Waals surface area contributed by atoms with Crippen molar-refractivity contribution in [1.29, 1.82) is 0 Å². The number of nitro benzene ring substituents is 1. The molecule has 0 spiro atoms. The normalized spacial score (nSPS) is 13.4. The summed E-state index contributed by atoms with van der Waals surface area (Å²) < 4.78 is 0. The van der Waals surface area contributed by atoms with Crippen molar-refractivity contribution in [3.63, 3.8) is 0 Å². The minimum atomic E-state index is -1.41. The molecule has 2 unspecified atom stereocenters. The van der Waals surface area contributed by atoms with Gasteiger partial charge in [-0.25, -0.2) is 0 Å². The molecule has 2 atom stereocenters. The fourth-order valence-electron chi connectivity index (χ4n) is 1.32. The molecule has 96 valence electrons. The molecule has 0 amide bonds. The van der Waals surface area contributed by atoms with Crippen LogP contribution in [0.4, 0.5) is 5.69 Å². The molecule has 1 aromatic rings. The van der Waals surface area contributed by atoms with E-state index in [0.29, 0.717) is 0 Å². The van der Waals surface area contributed by atoms with Gasteiger partial charge in [-0.3, -0.25) is 10.1 Å². The van der Waals surface area contributed by atoms with E-state index in [4.69, 9.17) is 5.53 Å². The number of nitrogens with zero attached hydrogens (tertiary/aromatic N) is 4. The van der Waals surface area contributed by atoms with Gasteiger partial charge in [0.05, 0.1) is 17.6 Å². The first-order chi connectivity index (χ1) is 8.47. The summed E-state index contributed by atoms with van der Waals surface area (Å²) in [6, 6.07) is 3.18. The van der Waals surface area contributed by atoms with Crippen LogP contribution in [0.25, 0.3) is 10.4 Å². The Morgan fingerprint density at radius 2 is 2.17 bits per heavy atom. The fraction of sp³-hybridized carbons (Fsp3) is 0.333. The number of rotatable bonds is 5.